The van der Waals surface area contributed by atoms with Gasteiger partial charge in [0, 0.05) is 17.4 Å². The van der Waals surface area contributed by atoms with Gasteiger partial charge in [0.05, 0.1) is 0 Å². The molecule has 6 N–H and O–H groups in total. The van der Waals surface area contributed by atoms with Crippen molar-refractivity contribution in [1.29, 1.82) is 0 Å². The summed E-state index contributed by atoms with van der Waals surface area (Å²) in [5.74, 6) is -3.28. The zero-order valence-electron chi connectivity index (χ0n) is 42.4. The number of carboxylic acids is 3. The zero-order valence-corrected chi connectivity index (χ0v) is 43.6. The molecule has 0 aromatic carbocycles. The summed E-state index contributed by atoms with van der Waals surface area (Å²) in [6.45, 7) is 6.77. The van der Waals surface area contributed by atoms with Crippen LogP contribution in [0.2, 0.25) is 0 Å². The van der Waals surface area contributed by atoms with E-state index in [-0.39, 0.29) is 17.4 Å². The molecule has 384 valence electrons. The van der Waals surface area contributed by atoms with Crippen LogP contribution in [-0.2, 0) is 31.7 Å². The first-order chi connectivity index (χ1) is 30.5. The van der Waals surface area contributed by atoms with Gasteiger partial charge >= 0.3 is 17.9 Å². The maximum Gasteiger partial charge on any atom is 0.332 e. The van der Waals surface area contributed by atoms with Gasteiger partial charge in [0.2, 0.25) is 0 Å². The van der Waals surface area contributed by atoms with Crippen LogP contribution in [0.15, 0.2) is 0 Å². The first-order valence-electron chi connectivity index (χ1n) is 27.3. The molecule has 3 atom stereocenters. The van der Waals surface area contributed by atoms with E-state index in [4.69, 9.17) is 30.6 Å². The zero-order chi connectivity index (χ0) is 47.3. The second kappa shape index (κ2) is 59.8. The van der Waals surface area contributed by atoms with Crippen LogP contribution in [0.5, 0.6) is 0 Å². The minimum absolute atomic E-state index is 0. The van der Waals surface area contributed by atoms with Crippen LogP contribution in [-0.4, -0.2) is 66.9 Å². The van der Waals surface area contributed by atoms with Crippen LogP contribution >= 0.6 is 0 Å². The van der Waals surface area contributed by atoms with Crippen molar-refractivity contribution in [3.63, 3.8) is 0 Å². The van der Waals surface area contributed by atoms with Crippen LogP contribution in [0, 0.1) is 0 Å². The molecule has 0 bridgehead atoms. The third-order valence-electron chi connectivity index (χ3n) is 12.3. The number of rotatable bonds is 48. The number of hydrogen-bond acceptors (Lipinski definition) is 6. The summed E-state index contributed by atoms with van der Waals surface area (Å²) < 4.78 is 0. The summed E-state index contributed by atoms with van der Waals surface area (Å²) in [4.78, 5) is 31.2. The molecule has 0 aliphatic rings. The third-order valence-corrected chi connectivity index (χ3v) is 12.3. The Balaban J connectivity index is -0.000000419. The Labute approximate surface area is 406 Å². The number of carbonyl (C=O) groups is 3. The Morgan fingerprint density at radius 3 is 0.469 bits per heavy atom. The summed E-state index contributed by atoms with van der Waals surface area (Å²) in [5, 5.41) is 53.0. The van der Waals surface area contributed by atoms with Crippen molar-refractivity contribution in [2.75, 3.05) is 0 Å². The predicted octanol–water partition coefficient (Wildman–Crippen LogP) is 15.9. The fraction of sp³-hybridized carbons (Fsp3) is 0.944. The molecule has 0 heterocycles. The maximum absolute atomic E-state index is 10.4. The van der Waals surface area contributed by atoms with Crippen molar-refractivity contribution >= 4 is 17.9 Å². The van der Waals surface area contributed by atoms with Crippen molar-refractivity contribution in [3.05, 3.63) is 0 Å². The molecular weight excluding hydrogens is 845 g/mol. The van der Waals surface area contributed by atoms with Crippen LogP contribution in [0.3, 0.4) is 0 Å². The number of unbranched alkanes of at least 4 members (excludes halogenated alkanes) is 39. The van der Waals surface area contributed by atoms with Crippen LogP contribution < -0.4 is 0 Å². The summed E-state index contributed by atoms with van der Waals surface area (Å²) in [6.07, 6.45) is 51.8. The number of aliphatic hydroxyl groups is 3. The Bertz CT molecular complexity index is 807. The Hall–Kier alpha value is -1.18. The number of hydrogen-bond donors (Lipinski definition) is 6. The van der Waals surface area contributed by atoms with Crippen molar-refractivity contribution < 1.29 is 62.4 Å². The van der Waals surface area contributed by atoms with Gasteiger partial charge in [-0.05, 0) is 19.3 Å². The smallest absolute Gasteiger partial charge is 0.332 e. The molecule has 0 saturated heterocycles. The molecule has 10 heteroatoms. The molecule has 0 aromatic rings. The van der Waals surface area contributed by atoms with E-state index in [0.29, 0.717) is 19.3 Å². The molecule has 0 rings (SSSR count). The average Bonchev–Trinajstić information content (AvgIpc) is 3.26. The number of aliphatic carboxylic acids is 3. The van der Waals surface area contributed by atoms with Gasteiger partial charge in [-0.2, -0.15) is 0 Å². The van der Waals surface area contributed by atoms with Gasteiger partial charge in [0.1, 0.15) is 0 Å². The van der Waals surface area contributed by atoms with Gasteiger partial charge in [-0.3, -0.25) is 0 Å². The normalized spacial score (nSPS) is 12.3. The van der Waals surface area contributed by atoms with E-state index in [1.54, 1.807) is 0 Å². The van der Waals surface area contributed by atoms with Crippen molar-refractivity contribution in [2.45, 2.75) is 328 Å². The molecule has 0 fully saturated rings. The fourth-order valence-electron chi connectivity index (χ4n) is 7.97. The second-order valence-electron chi connectivity index (χ2n) is 18.7. The third kappa shape index (κ3) is 62.9. The van der Waals surface area contributed by atoms with E-state index in [2.05, 4.69) is 20.8 Å². The molecule has 0 amide bonds. The molecule has 0 spiro atoms. The van der Waals surface area contributed by atoms with E-state index >= 15 is 0 Å². The maximum atomic E-state index is 10.4. The number of aliphatic hydroxyl groups excluding tert-OH is 3. The summed E-state index contributed by atoms with van der Waals surface area (Å²) in [5.41, 5.74) is 0. The molecule has 0 aliphatic heterocycles. The van der Waals surface area contributed by atoms with E-state index < -0.39 is 36.2 Å². The minimum Gasteiger partial charge on any atom is -0.479 e. The SMILES string of the molecule is CCCCCCCCCCCCCCCCC(O)C(=O)O.CCCCCCCCCCCCCCCCC(O)C(=O)O.CCCCCCCCCCCCCCCCC(O)C(=O)O.[Cr]. The van der Waals surface area contributed by atoms with Crippen molar-refractivity contribution in [1.82, 2.24) is 0 Å². The van der Waals surface area contributed by atoms with Gasteiger partial charge in [-0.1, -0.05) is 290 Å². The Morgan fingerprint density at radius 1 is 0.250 bits per heavy atom. The van der Waals surface area contributed by atoms with Gasteiger partial charge < -0.3 is 30.6 Å². The quantitative estimate of drug-likeness (QED) is 0.0325. The van der Waals surface area contributed by atoms with E-state index in [0.717, 1.165) is 38.5 Å². The molecule has 64 heavy (non-hydrogen) atoms. The molecule has 0 radical (unpaired) electrons. The standard InChI is InChI=1S/3C18H36O3.Cr/c3*1-2-3-4-5-6-7-8-9-10-11-12-13-14-15-16-17(19)18(20)21;/h3*17,19H,2-16H2,1H3,(H,20,21);. The van der Waals surface area contributed by atoms with Crippen LogP contribution in [0.4, 0.5) is 0 Å². The van der Waals surface area contributed by atoms with Gasteiger partial charge in [-0.15, -0.1) is 0 Å². The summed E-state index contributed by atoms with van der Waals surface area (Å²) >= 11 is 0. The molecule has 0 aromatic heterocycles. The molecular formula is C54H108CrO9. The topological polar surface area (TPSA) is 173 Å². The van der Waals surface area contributed by atoms with Crippen LogP contribution in [0.25, 0.3) is 0 Å². The van der Waals surface area contributed by atoms with Crippen LogP contribution in [0.1, 0.15) is 310 Å². The first-order valence-corrected chi connectivity index (χ1v) is 27.3. The molecule has 3 unspecified atom stereocenters. The predicted molar refractivity (Wildman–Crippen MR) is 266 cm³/mol. The van der Waals surface area contributed by atoms with Gasteiger partial charge in [0.25, 0.3) is 0 Å². The monoisotopic (exact) mass is 953 g/mol. The largest absolute Gasteiger partial charge is 0.479 e. The Morgan fingerprint density at radius 2 is 0.359 bits per heavy atom. The van der Waals surface area contributed by atoms with E-state index in [1.165, 1.54) is 231 Å². The van der Waals surface area contributed by atoms with Crippen molar-refractivity contribution in [2.24, 2.45) is 0 Å². The molecule has 0 aliphatic carbocycles. The fourth-order valence-corrected chi connectivity index (χ4v) is 7.97. The summed E-state index contributed by atoms with van der Waals surface area (Å²) in [6, 6.07) is 0. The first kappa shape index (κ1) is 69.4. The van der Waals surface area contributed by atoms with E-state index in [1.807, 2.05) is 0 Å². The summed E-state index contributed by atoms with van der Waals surface area (Å²) in [7, 11) is 0. The average molecular weight is 953 g/mol. The number of carboxylic acid groups (broad SMARTS) is 3. The van der Waals surface area contributed by atoms with E-state index in [9.17, 15) is 14.4 Å². The second-order valence-corrected chi connectivity index (χ2v) is 18.7. The molecule has 9 nitrogen and oxygen atoms in total. The molecule has 0 saturated carbocycles. The Kier molecular flexibility index (Phi) is 64.9. The van der Waals surface area contributed by atoms with Gasteiger partial charge in [-0.25, -0.2) is 14.4 Å². The minimum atomic E-state index is -1.16. The van der Waals surface area contributed by atoms with Crippen molar-refractivity contribution in [3.8, 4) is 0 Å². The van der Waals surface area contributed by atoms with Gasteiger partial charge in [0.15, 0.2) is 18.3 Å².